The van der Waals surface area contributed by atoms with Crippen molar-refractivity contribution in [1.29, 1.82) is 0 Å². The van der Waals surface area contributed by atoms with Gasteiger partial charge in [-0.05, 0) is 37.0 Å². The highest BCUT2D eigenvalue weighted by atomic mass is 127. The lowest BCUT2D eigenvalue weighted by molar-refractivity contribution is -0.0514. The fourth-order valence-electron chi connectivity index (χ4n) is 2.01. The highest BCUT2D eigenvalue weighted by Gasteiger charge is 2.11. The molecule has 1 aromatic rings. The van der Waals surface area contributed by atoms with E-state index in [-0.39, 0.29) is 29.7 Å². The molecule has 8 heteroatoms. The van der Waals surface area contributed by atoms with Crippen LogP contribution in [0.4, 0.5) is 8.78 Å². The predicted octanol–water partition coefficient (Wildman–Crippen LogP) is 4.02. The van der Waals surface area contributed by atoms with E-state index in [4.69, 9.17) is 4.74 Å². The number of nitrogens with zero attached hydrogens (tertiary/aromatic N) is 1. The monoisotopic (exact) mass is 471 g/mol. The summed E-state index contributed by atoms with van der Waals surface area (Å²) in [6.45, 7) is 4.94. The molecule has 0 spiro atoms. The maximum Gasteiger partial charge on any atom is 0.387 e. The molecule has 1 rings (SSSR count). The quantitative estimate of drug-likeness (QED) is 0.325. The fraction of sp³-hybridized carbons (Fsp3) is 0.588. The van der Waals surface area contributed by atoms with Crippen LogP contribution in [-0.4, -0.2) is 32.8 Å². The van der Waals surface area contributed by atoms with Crippen LogP contribution >= 0.6 is 24.0 Å². The van der Waals surface area contributed by atoms with Gasteiger partial charge in [0.1, 0.15) is 0 Å². The van der Waals surface area contributed by atoms with Gasteiger partial charge in [0.15, 0.2) is 17.5 Å². The molecule has 0 fully saturated rings. The summed E-state index contributed by atoms with van der Waals surface area (Å²) in [5, 5.41) is 6.42. The number of aliphatic imine (C=N–C) groups is 1. The molecule has 0 saturated carbocycles. The molecule has 2 N–H and O–H groups in total. The number of hydrogen-bond donors (Lipinski definition) is 2. The van der Waals surface area contributed by atoms with Gasteiger partial charge in [-0.3, -0.25) is 4.99 Å². The Labute approximate surface area is 165 Å². The molecule has 0 aliphatic heterocycles. The number of ether oxygens (including phenoxy) is 2. The second-order valence-corrected chi connectivity index (χ2v) is 5.63. The Morgan fingerprint density at radius 2 is 1.92 bits per heavy atom. The minimum Gasteiger partial charge on any atom is -0.490 e. The van der Waals surface area contributed by atoms with E-state index in [2.05, 4.69) is 34.2 Å². The van der Waals surface area contributed by atoms with E-state index < -0.39 is 6.61 Å². The van der Waals surface area contributed by atoms with Gasteiger partial charge in [-0.15, -0.1) is 24.0 Å². The van der Waals surface area contributed by atoms with Crippen LogP contribution in [0.3, 0.4) is 0 Å². The van der Waals surface area contributed by atoms with E-state index in [1.165, 1.54) is 6.07 Å². The van der Waals surface area contributed by atoms with E-state index >= 15 is 0 Å². The third kappa shape index (κ3) is 9.66. The van der Waals surface area contributed by atoms with Crippen molar-refractivity contribution in [2.75, 3.05) is 20.2 Å². The zero-order chi connectivity index (χ0) is 17.9. The Balaban J connectivity index is 0.00000576. The van der Waals surface area contributed by atoms with Crippen molar-refractivity contribution in [3.05, 3.63) is 23.8 Å². The summed E-state index contributed by atoms with van der Waals surface area (Å²) in [6, 6.07) is 4.90. The fourth-order valence-corrected chi connectivity index (χ4v) is 2.01. The maximum absolute atomic E-state index is 12.4. The molecule has 0 radical (unpaired) electrons. The third-order valence-corrected chi connectivity index (χ3v) is 3.22. The zero-order valence-corrected chi connectivity index (χ0v) is 17.5. The summed E-state index contributed by atoms with van der Waals surface area (Å²) in [5.74, 6) is 1.66. The Hall–Kier alpha value is -1.32. The highest BCUT2D eigenvalue weighted by molar-refractivity contribution is 14.0. The normalized spacial score (nSPS) is 11.3. The molecule has 0 aliphatic carbocycles. The number of benzene rings is 1. The molecule has 1 aromatic carbocycles. The number of rotatable bonds is 9. The van der Waals surface area contributed by atoms with Crippen LogP contribution in [0.15, 0.2) is 23.2 Å². The van der Waals surface area contributed by atoms with Crippen LogP contribution in [0.25, 0.3) is 0 Å². The smallest absolute Gasteiger partial charge is 0.387 e. The molecule has 5 nitrogen and oxygen atoms in total. The van der Waals surface area contributed by atoms with Crippen molar-refractivity contribution in [3.8, 4) is 11.5 Å². The second-order valence-electron chi connectivity index (χ2n) is 5.63. The van der Waals surface area contributed by atoms with Crippen molar-refractivity contribution in [3.63, 3.8) is 0 Å². The van der Waals surface area contributed by atoms with Crippen molar-refractivity contribution >= 4 is 29.9 Å². The van der Waals surface area contributed by atoms with Gasteiger partial charge in [-0.1, -0.05) is 19.9 Å². The first-order chi connectivity index (χ1) is 11.5. The maximum atomic E-state index is 12.4. The Morgan fingerprint density at radius 1 is 1.20 bits per heavy atom. The van der Waals surface area contributed by atoms with Crippen LogP contribution in [0.1, 0.15) is 32.8 Å². The predicted molar refractivity (Wildman–Crippen MR) is 107 cm³/mol. The molecule has 0 amide bonds. The SMILES string of the molecule is CCOc1cc(CNC(=NC)NCCC(C)C)ccc1OC(F)F.I. The Kier molecular flexibility index (Phi) is 12.3. The van der Waals surface area contributed by atoms with E-state index in [1.807, 2.05) is 0 Å². The molecule has 25 heavy (non-hydrogen) atoms. The molecule has 0 bridgehead atoms. The molecule has 0 saturated heterocycles. The molecular formula is C17H28F2IN3O2. The van der Waals surface area contributed by atoms with Gasteiger partial charge >= 0.3 is 6.61 Å². The van der Waals surface area contributed by atoms with Gasteiger partial charge in [-0.2, -0.15) is 8.78 Å². The minimum atomic E-state index is -2.88. The van der Waals surface area contributed by atoms with Crippen molar-refractivity contribution in [1.82, 2.24) is 10.6 Å². The summed E-state index contributed by atoms with van der Waals surface area (Å²) in [6.07, 6.45) is 1.05. The lowest BCUT2D eigenvalue weighted by Crippen LogP contribution is -2.37. The van der Waals surface area contributed by atoms with Gasteiger partial charge in [-0.25, -0.2) is 0 Å². The van der Waals surface area contributed by atoms with Crippen LogP contribution in [-0.2, 0) is 6.54 Å². The van der Waals surface area contributed by atoms with Crippen molar-refractivity contribution in [2.45, 2.75) is 40.3 Å². The first-order valence-corrected chi connectivity index (χ1v) is 8.11. The van der Waals surface area contributed by atoms with Crippen LogP contribution in [0.2, 0.25) is 0 Å². The topological polar surface area (TPSA) is 54.9 Å². The molecule has 0 atom stereocenters. The van der Waals surface area contributed by atoms with Crippen molar-refractivity contribution < 1.29 is 18.3 Å². The largest absolute Gasteiger partial charge is 0.490 e. The summed E-state index contributed by atoms with van der Waals surface area (Å²) in [4.78, 5) is 4.15. The Morgan fingerprint density at radius 3 is 2.48 bits per heavy atom. The first-order valence-electron chi connectivity index (χ1n) is 8.11. The molecule has 0 heterocycles. The van der Waals surface area contributed by atoms with Gasteiger partial charge < -0.3 is 20.1 Å². The van der Waals surface area contributed by atoms with E-state index in [0.717, 1.165) is 18.5 Å². The van der Waals surface area contributed by atoms with Crippen LogP contribution in [0.5, 0.6) is 11.5 Å². The summed E-state index contributed by atoms with van der Waals surface area (Å²) < 4.78 is 34.6. The van der Waals surface area contributed by atoms with E-state index in [9.17, 15) is 8.78 Å². The number of nitrogens with one attached hydrogen (secondary N) is 2. The molecule has 144 valence electrons. The number of hydrogen-bond acceptors (Lipinski definition) is 3. The van der Waals surface area contributed by atoms with E-state index in [1.54, 1.807) is 26.1 Å². The van der Waals surface area contributed by atoms with Crippen LogP contribution < -0.4 is 20.1 Å². The number of alkyl halides is 2. The van der Waals surface area contributed by atoms with Crippen molar-refractivity contribution in [2.24, 2.45) is 10.9 Å². The molecular weight excluding hydrogens is 443 g/mol. The summed E-state index contributed by atoms with van der Waals surface area (Å²) in [7, 11) is 1.70. The zero-order valence-electron chi connectivity index (χ0n) is 15.1. The summed E-state index contributed by atoms with van der Waals surface area (Å²) in [5.41, 5.74) is 0.881. The van der Waals surface area contributed by atoms with Gasteiger partial charge in [0.05, 0.1) is 6.61 Å². The summed E-state index contributed by atoms with van der Waals surface area (Å²) >= 11 is 0. The lowest BCUT2D eigenvalue weighted by atomic mass is 10.1. The molecule has 0 aromatic heterocycles. The standard InChI is InChI=1S/C17H27F2N3O2.HI/c1-5-23-15-10-13(6-7-14(15)24-16(18)19)11-22-17(20-4)21-9-8-12(2)3;/h6-7,10,12,16H,5,8-9,11H2,1-4H3,(H2,20,21,22);1H. The molecule has 0 unspecified atom stereocenters. The van der Waals surface area contributed by atoms with Gasteiger partial charge in [0.25, 0.3) is 0 Å². The number of guanidine groups is 1. The Bertz CT molecular complexity index is 529. The minimum absolute atomic E-state index is 0. The highest BCUT2D eigenvalue weighted by Crippen LogP contribution is 2.29. The third-order valence-electron chi connectivity index (χ3n) is 3.22. The average Bonchev–Trinajstić information content (AvgIpc) is 2.52. The van der Waals surface area contributed by atoms with Crippen LogP contribution in [0, 0.1) is 5.92 Å². The average molecular weight is 471 g/mol. The second kappa shape index (κ2) is 13.0. The molecule has 0 aliphatic rings. The van der Waals surface area contributed by atoms with Gasteiger partial charge in [0, 0.05) is 20.1 Å². The van der Waals surface area contributed by atoms with E-state index in [0.29, 0.717) is 30.8 Å². The first kappa shape index (κ1) is 23.7. The lowest BCUT2D eigenvalue weighted by Gasteiger charge is -2.15. The van der Waals surface area contributed by atoms with Gasteiger partial charge in [0.2, 0.25) is 0 Å². The number of halogens is 3.